The molecule has 0 fully saturated rings. The fourth-order valence-corrected chi connectivity index (χ4v) is 6.58. The van der Waals surface area contributed by atoms with Crippen molar-refractivity contribution in [1.82, 2.24) is 0 Å². The smallest absolute Gasteiger partial charge is 0.306 e. The third-order valence-electron chi connectivity index (χ3n) is 10.2. The topological polar surface area (TPSA) is 78.9 Å². The fraction of sp³-hybridized carbons (Fsp3) is 0.745. The summed E-state index contributed by atoms with van der Waals surface area (Å²) in [5, 5.41) is 0. The van der Waals surface area contributed by atoms with Gasteiger partial charge < -0.3 is 14.2 Å². The van der Waals surface area contributed by atoms with E-state index in [1.807, 2.05) is 48.6 Å². The number of carbonyl (C=O) groups is 3. The summed E-state index contributed by atoms with van der Waals surface area (Å²) in [6, 6.07) is 0. The highest BCUT2D eigenvalue weighted by molar-refractivity contribution is 5.71. The number of unbranched alkanes of at least 4 members (excludes halogenated alkanes) is 25. The number of esters is 3. The molecular formula is C51H88O6. The molecule has 0 spiro atoms. The van der Waals surface area contributed by atoms with Crippen molar-refractivity contribution in [2.45, 2.75) is 232 Å². The van der Waals surface area contributed by atoms with E-state index in [2.05, 4.69) is 32.9 Å². The van der Waals surface area contributed by atoms with Gasteiger partial charge in [-0.15, -0.1) is 0 Å². The van der Waals surface area contributed by atoms with Gasteiger partial charge in [0.05, 0.1) is 0 Å². The van der Waals surface area contributed by atoms with Gasteiger partial charge in [0.15, 0.2) is 6.10 Å². The first kappa shape index (κ1) is 54.1. The Balaban J connectivity index is 4.44. The second kappa shape index (κ2) is 45.8. The summed E-state index contributed by atoms with van der Waals surface area (Å²) >= 11 is 0. The van der Waals surface area contributed by atoms with Crippen molar-refractivity contribution in [1.29, 1.82) is 0 Å². The van der Waals surface area contributed by atoms with Gasteiger partial charge in [-0.05, 0) is 38.5 Å². The van der Waals surface area contributed by atoms with Crippen LogP contribution in [0.5, 0.6) is 0 Å². The van der Waals surface area contributed by atoms with Gasteiger partial charge in [-0.25, -0.2) is 0 Å². The molecule has 0 aliphatic rings. The summed E-state index contributed by atoms with van der Waals surface area (Å²) in [6.07, 6.45) is 54.8. The van der Waals surface area contributed by atoms with Crippen LogP contribution in [-0.4, -0.2) is 37.2 Å². The molecule has 0 saturated heterocycles. The molecule has 1 unspecified atom stereocenters. The summed E-state index contributed by atoms with van der Waals surface area (Å²) in [4.78, 5) is 37.8. The van der Waals surface area contributed by atoms with E-state index in [4.69, 9.17) is 14.2 Å². The molecular weight excluding hydrogens is 709 g/mol. The lowest BCUT2D eigenvalue weighted by Gasteiger charge is -2.18. The molecule has 0 N–H and O–H groups in total. The number of ether oxygens (including phenoxy) is 3. The number of allylic oxidation sites excluding steroid dienone is 10. The summed E-state index contributed by atoms with van der Waals surface area (Å²) in [7, 11) is 0. The molecule has 0 radical (unpaired) electrons. The largest absolute Gasteiger partial charge is 0.462 e. The summed E-state index contributed by atoms with van der Waals surface area (Å²) < 4.78 is 16.7. The molecule has 0 aromatic rings. The van der Waals surface area contributed by atoms with E-state index < -0.39 is 6.10 Å². The number of hydrogen-bond donors (Lipinski definition) is 0. The van der Waals surface area contributed by atoms with Gasteiger partial charge in [-0.1, -0.05) is 229 Å². The lowest BCUT2D eigenvalue weighted by Crippen LogP contribution is -2.30. The van der Waals surface area contributed by atoms with E-state index in [9.17, 15) is 14.4 Å². The van der Waals surface area contributed by atoms with Crippen LogP contribution >= 0.6 is 0 Å². The van der Waals surface area contributed by atoms with Crippen LogP contribution in [0.25, 0.3) is 0 Å². The molecule has 1 atom stereocenters. The van der Waals surface area contributed by atoms with Crippen molar-refractivity contribution in [3.8, 4) is 0 Å². The van der Waals surface area contributed by atoms with Gasteiger partial charge in [0.25, 0.3) is 0 Å². The molecule has 0 rings (SSSR count). The summed E-state index contributed by atoms with van der Waals surface area (Å²) in [5.74, 6) is -0.927. The van der Waals surface area contributed by atoms with E-state index in [1.165, 1.54) is 116 Å². The van der Waals surface area contributed by atoms with Crippen LogP contribution in [-0.2, 0) is 28.6 Å². The second-order valence-electron chi connectivity index (χ2n) is 15.8. The lowest BCUT2D eigenvalue weighted by atomic mass is 10.0. The Morgan fingerprint density at radius 3 is 1.07 bits per heavy atom. The van der Waals surface area contributed by atoms with Crippen molar-refractivity contribution in [2.75, 3.05) is 13.2 Å². The highest BCUT2D eigenvalue weighted by Crippen LogP contribution is 2.15. The first-order valence-electron chi connectivity index (χ1n) is 23.9. The molecule has 0 saturated carbocycles. The van der Waals surface area contributed by atoms with Crippen molar-refractivity contribution in [3.63, 3.8) is 0 Å². The Bertz CT molecular complexity index is 1050. The van der Waals surface area contributed by atoms with E-state index in [0.29, 0.717) is 19.3 Å². The van der Waals surface area contributed by atoms with Gasteiger partial charge in [-0.3, -0.25) is 14.4 Å². The zero-order valence-corrected chi connectivity index (χ0v) is 37.3. The Hall–Kier alpha value is -2.89. The normalized spacial score (nSPS) is 12.5. The quantitative estimate of drug-likeness (QED) is 0.0265. The average molecular weight is 797 g/mol. The van der Waals surface area contributed by atoms with Crippen LogP contribution in [0, 0.1) is 0 Å². The van der Waals surface area contributed by atoms with E-state index in [1.54, 1.807) is 0 Å². The first-order chi connectivity index (χ1) is 28.0. The van der Waals surface area contributed by atoms with Gasteiger partial charge >= 0.3 is 17.9 Å². The van der Waals surface area contributed by atoms with Crippen LogP contribution in [0.1, 0.15) is 226 Å². The van der Waals surface area contributed by atoms with E-state index in [-0.39, 0.29) is 31.1 Å². The van der Waals surface area contributed by atoms with Crippen LogP contribution in [0.15, 0.2) is 60.8 Å². The average Bonchev–Trinajstić information content (AvgIpc) is 3.21. The second-order valence-corrected chi connectivity index (χ2v) is 15.8. The lowest BCUT2D eigenvalue weighted by molar-refractivity contribution is -0.167. The minimum atomic E-state index is -0.786. The van der Waals surface area contributed by atoms with Gasteiger partial charge in [0.1, 0.15) is 13.2 Å². The van der Waals surface area contributed by atoms with Gasteiger partial charge in [0, 0.05) is 19.3 Å². The minimum Gasteiger partial charge on any atom is -0.462 e. The Morgan fingerprint density at radius 1 is 0.368 bits per heavy atom. The molecule has 0 bridgehead atoms. The molecule has 0 aliphatic carbocycles. The zero-order chi connectivity index (χ0) is 41.5. The SMILES string of the molecule is CC\C=C/C=C\C=C/C=C\C=C/CCCCCC(=O)OCC(COC(=O)CCCCCCCCCCCCC)OC(=O)CCCCCCCCCCCCCCC. The van der Waals surface area contributed by atoms with Crippen molar-refractivity contribution >= 4 is 17.9 Å². The monoisotopic (exact) mass is 797 g/mol. The summed E-state index contributed by atoms with van der Waals surface area (Å²) in [5.41, 5.74) is 0. The van der Waals surface area contributed by atoms with Crippen LogP contribution in [0.2, 0.25) is 0 Å². The van der Waals surface area contributed by atoms with Gasteiger partial charge in [-0.2, -0.15) is 0 Å². The van der Waals surface area contributed by atoms with Crippen LogP contribution in [0.4, 0.5) is 0 Å². The molecule has 0 heterocycles. The maximum absolute atomic E-state index is 12.7. The standard InChI is InChI=1S/C51H88O6/c1-4-7-10-13-16-19-22-24-25-27-29-32-35-38-41-44-50(53)56-47-48(46-55-49(52)43-40-37-34-31-28-21-18-15-12-9-6-3)57-51(54)45-42-39-36-33-30-26-23-20-17-14-11-8-5-2/h7,10,13,16,19,22,24-25,27,29,48H,4-6,8-9,11-12,14-15,17-18,20-21,23,26,28,30-47H2,1-3H3/b10-7-,16-13-,22-19-,25-24-,29-27-. The van der Waals surface area contributed by atoms with Crippen molar-refractivity contribution in [2.24, 2.45) is 0 Å². The Kier molecular flexibility index (Phi) is 43.5. The van der Waals surface area contributed by atoms with Crippen LogP contribution in [0.3, 0.4) is 0 Å². The first-order valence-corrected chi connectivity index (χ1v) is 23.9. The predicted molar refractivity (Wildman–Crippen MR) is 242 cm³/mol. The van der Waals surface area contributed by atoms with Crippen LogP contribution < -0.4 is 0 Å². The van der Waals surface area contributed by atoms with Crippen molar-refractivity contribution in [3.05, 3.63) is 60.8 Å². The van der Waals surface area contributed by atoms with Gasteiger partial charge in [0.2, 0.25) is 0 Å². The molecule has 0 aromatic heterocycles. The maximum atomic E-state index is 12.7. The highest BCUT2D eigenvalue weighted by Gasteiger charge is 2.19. The molecule has 0 aromatic carbocycles. The third kappa shape index (κ3) is 44.1. The fourth-order valence-electron chi connectivity index (χ4n) is 6.58. The molecule has 6 heteroatoms. The number of hydrogen-bond acceptors (Lipinski definition) is 6. The molecule has 0 aliphatic heterocycles. The number of carbonyl (C=O) groups excluding carboxylic acids is 3. The molecule has 0 amide bonds. The zero-order valence-electron chi connectivity index (χ0n) is 37.3. The minimum absolute atomic E-state index is 0.0853. The predicted octanol–water partition coefficient (Wildman–Crippen LogP) is 15.3. The Labute approximate surface area is 351 Å². The third-order valence-corrected chi connectivity index (χ3v) is 10.2. The Morgan fingerprint density at radius 2 is 0.684 bits per heavy atom. The molecule has 328 valence electrons. The van der Waals surface area contributed by atoms with E-state index in [0.717, 1.165) is 70.6 Å². The molecule has 57 heavy (non-hydrogen) atoms. The highest BCUT2D eigenvalue weighted by atomic mass is 16.6. The summed E-state index contributed by atoms with van der Waals surface area (Å²) in [6.45, 7) is 6.45. The van der Waals surface area contributed by atoms with E-state index >= 15 is 0 Å². The maximum Gasteiger partial charge on any atom is 0.306 e. The molecule has 6 nitrogen and oxygen atoms in total. The van der Waals surface area contributed by atoms with Crippen molar-refractivity contribution < 1.29 is 28.6 Å². The number of rotatable bonds is 42.